The average molecular weight is 317 g/mol. The van der Waals surface area contributed by atoms with Crippen molar-refractivity contribution in [2.45, 2.75) is 6.54 Å². The van der Waals surface area contributed by atoms with Gasteiger partial charge in [-0.1, -0.05) is 12.1 Å². The molecule has 0 saturated carbocycles. The molecule has 0 aliphatic rings. The monoisotopic (exact) mass is 316 g/mol. The molecule has 19 heavy (non-hydrogen) atoms. The summed E-state index contributed by atoms with van der Waals surface area (Å²) >= 11 is 3.45. The Morgan fingerprint density at radius 1 is 1.21 bits per heavy atom. The lowest BCUT2D eigenvalue weighted by atomic mass is 10.1. The Labute approximate surface area is 121 Å². The Bertz CT molecular complexity index is 603. The van der Waals surface area contributed by atoms with Gasteiger partial charge in [-0.2, -0.15) is 5.26 Å². The van der Waals surface area contributed by atoms with Gasteiger partial charge in [0.15, 0.2) is 0 Å². The summed E-state index contributed by atoms with van der Waals surface area (Å²) in [6.07, 6.45) is 0. The summed E-state index contributed by atoms with van der Waals surface area (Å²) in [4.78, 5) is 0. The van der Waals surface area contributed by atoms with Gasteiger partial charge in [-0.25, -0.2) is 0 Å². The fourth-order valence-electron chi connectivity index (χ4n) is 1.68. The van der Waals surface area contributed by atoms with Crippen LogP contribution < -0.4 is 10.1 Å². The van der Waals surface area contributed by atoms with E-state index in [-0.39, 0.29) is 0 Å². The highest BCUT2D eigenvalue weighted by atomic mass is 79.9. The van der Waals surface area contributed by atoms with Crippen molar-refractivity contribution >= 4 is 21.6 Å². The summed E-state index contributed by atoms with van der Waals surface area (Å²) < 4.78 is 6.10. The Kier molecular flexibility index (Phi) is 4.43. The molecule has 0 bridgehead atoms. The van der Waals surface area contributed by atoms with Crippen LogP contribution in [0.4, 0.5) is 5.69 Å². The zero-order valence-electron chi connectivity index (χ0n) is 10.5. The molecule has 0 radical (unpaired) electrons. The second kappa shape index (κ2) is 6.26. The lowest BCUT2D eigenvalue weighted by Gasteiger charge is -2.09. The molecular weight excluding hydrogens is 304 g/mol. The molecule has 0 unspecified atom stereocenters. The van der Waals surface area contributed by atoms with Crippen molar-refractivity contribution in [3.05, 3.63) is 58.1 Å². The maximum atomic E-state index is 8.73. The van der Waals surface area contributed by atoms with E-state index in [0.717, 1.165) is 21.5 Å². The molecule has 0 atom stereocenters. The minimum atomic E-state index is 0.677. The fraction of sp³-hybridized carbons (Fsp3) is 0.133. The van der Waals surface area contributed by atoms with Crippen molar-refractivity contribution in [1.82, 2.24) is 0 Å². The largest absolute Gasteiger partial charge is 0.496 e. The van der Waals surface area contributed by atoms with Crippen molar-refractivity contribution in [1.29, 1.82) is 5.26 Å². The van der Waals surface area contributed by atoms with Crippen LogP contribution in [0.25, 0.3) is 0 Å². The molecule has 0 spiro atoms. The average Bonchev–Trinajstić information content (AvgIpc) is 2.46. The smallest absolute Gasteiger partial charge is 0.133 e. The number of hydrogen-bond acceptors (Lipinski definition) is 3. The molecule has 0 aliphatic heterocycles. The van der Waals surface area contributed by atoms with Gasteiger partial charge in [0, 0.05) is 12.2 Å². The quantitative estimate of drug-likeness (QED) is 0.929. The molecule has 0 amide bonds. The first-order chi connectivity index (χ1) is 9.22. The lowest BCUT2D eigenvalue weighted by molar-refractivity contribution is 0.412. The molecule has 0 heterocycles. The Morgan fingerprint density at radius 3 is 2.53 bits per heavy atom. The first-order valence-electron chi connectivity index (χ1n) is 5.79. The molecule has 1 N–H and O–H groups in total. The summed E-state index contributed by atoms with van der Waals surface area (Å²) in [5.41, 5.74) is 2.82. The number of rotatable bonds is 4. The van der Waals surface area contributed by atoms with Gasteiger partial charge in [0.25, 0.3) is 0 Å². The summed E-state index contributed by atoms with van der Waals surface area (Å²) in [6.45, 7) is 0.713. The van der Waals surface area contributed by atoms with Gasteiger partial charge in [0.1, 0.15) is 5.75 Å². The molecule has 2 aromatic rings. The summed E-state index contributed by atoms with van der Waals surface area (Å²) in [6, 6.07) is 15.5. The van der Waals surface area contributed by atoms with E-state index in [9.17, 15) is 0 Å². The van der Waals surface area contributed by atoms with Crippen LogP contribution in [-0.2, 0) is 6.54 Å². The van der Waals surface area contributed by atoms with E-state index in [1.54, 1.807) is 7.11 Å². The number of nitrogens with zero attached hydrogens (tertiary/aromatic N) is 1. The van der Waals surface area contributed by atoms with E-state index in [4.69, 9.17) is 10.00 Å². The highest BCUT2D eigenvalue weighted by molar-refractivity contribution is 9.10. The second-order valence-corrected chi connectivity index (χ2v) is 4.87. The summed E-state index contributed by atoms with van der Waals surface area (Å²) in [5, 5.41) is 12.1. The van der Waals surface area contributed by atoms with E-state index in [2.05, 4.69) is 27.3 Å². The van der Waals surface area contributed by atoms with Gasteiger partial charge in [0.2, 0.25) is 0 Å². The minimum absolute atomic E-state index is 0.677. The first-order valence-corrected chi connectivity index (χ1v) is 6.58. The molecular formula is C15H13BrN2O. The number of benzene rings is 2. The van der Waals surface area contributed by atoms with Crippen LogP contribution in [0.1, 0.15) is 11.1 Å². The van der Waals surface area contributed by atoms with E-state index in [1.807, 2.05) is 42.5 Å². The number of ether oxygens (including phenoxy) is 1. The molecule has 0 aromatic heterocycles. The molecule has 4 heteroatoms. The molecule has 0 fully saturated rings. The number of anilines is 1. The third kappa shape index (κ3) is 3.49. The van der Waals surface area contributed by atoms with E-state index in [0.29, 0.717) is 12.1 Å². The van der Waals surface area contributed by atoms with Crippen LogP contribution in [0.3, 0.4) is 0 Å². The highest BCUT2D eigenvalue weighted by Crippen LogP contribution is 2.27. The van der Waals surface area contributed by atoms with Crippen LogP contribution in [-0.4, -0.2) is 7.11 Å². The number of methoxy groups -OCH3 is 1. The predicted octanol–water partition coefficient (Wildman–Crippen LogP) is 3.94. The fourth-order valence-corrected chi connectivity index (χ4v) is 2.22. The maximum Gasteiger partial charge on any atom is 0.133 e. The van der Waals surface area contributed by atoms with Gasteiger partial charge in [-0.3, -0.25) is 0 Å². The predicted molar refractivity (Wildman–Crippen MR) is 79.2 cm³/mol. The van der Waals surface area contributed by atoms with Crippen LogP contribution in [0.15, 0.2) is 46.9 Å². The highest BCUT2D eigenvalue weighted by Gasteiger charge is 2.01. The lowest BCUT2D eigenvalue weighted by Crippen LogP contribution is -1.99. The third-order valence-corrected chi connectivity index (χ3v) is 3.35. The van der Waals surface area contributed by atoms with Crippen molar-refractivity contribution in [3.63, 3.8) is 0 Å². The van der Waals surface area contributed by atoms with E-state index < -0.39 is 0 Å². The zero-order chi connectivity index (χ0) is 13.7. The number of nitriles is 1. The standard InChI is InChI=1S/C15H13BrN2O/c1-19-15-7-6-13(8-14(15)16)18-10-12-4-2-11(9-17)3-5-12/h2-8,18H,10H2,1H3. The topological polar surface area (TPSA) is 45.0 Å². The van der Waals surface area contributed by atoms with E-state index in [1.165, 1.54) is 0 Å². The second-order valence-electron chi connectivity index (χ2n) is 4.01. The van der Waals surface area contributed by atoms with Crippen LogP contribution in [0, 0.1) is 11.3 Å². The Morgan fingerprint density at radius 2 is 1.95 bits per heavy atom. The third-order valence-electron chi connectivity index (χ3n) is 2.73. The van der Waals surface area contributed by atoms with Crippen molar-refractivity contribution < 1.29 is 4.74 Å². The first kappa shape index (κ1) is 13.4. The number of nitrogens with one attached hydrogen (secondary N) is 1. The van der Waals surface area contributed by atoms with Gasteiger partial charge in [-0.05, 0) is 51.8 Å². The summed E-state index contributed by atoms with van der Waals surface area (Å²) in [7, 11) is 1.64. The molecule has 2 aromatic carbocycles. The Hall–Kier alpha value is -1.99. The van der Waals surface area contributed by atoms with Crippen LogP contribution >= 0.6 is 15.9 Å². The van der Waals surface area contributed by atoms with Crippen molar-refractivity contribution in [2.75, 3.05) is 12.4 Å². The Balaban J connectivity index is 2.02. The van der Waals surface area contributed by atoms with Gasteiger partial charge >= 0.3 is 0 Å². The molecule has 2 rings (SSSR count). The zero-order valence-corrected chi connectivity index (χ0v) is 12.1. The molecule has 0 aliphatic carbocycles. The molecule has 0 saturated heterocycles. The number of hydrogen-bond donors (Lipinski definition) is 1. The molecule has 96 valence electrons. The maximum absolute atomic E-state index is 8.73. The van der Waals surface area contributed by atoms with Crippen LogP contribution in [0.2, 0.25) is 0 Å². The van der Waals surface area contributed by atoms with Crippen LogP contribution in [0.5, 0.6) is 5.75 Å². The molecule has 3 nitrogen and oxygen atoms in total. The summed E-state index contributed by atoms with van der Waals surface area (Å²) in [5.74, 6) is 0.809. The van der Waals surface area contributed by atoms with Gasteiger partial charge in [-0.15, -0.1) is 0 Å². The van der Waals surface area contributed by atoms with Crippen molar-refractivity contribution in [3.8, 4) is 11.8 Å². The SMILES string of the molecule is COc1ccc(NCc2ccc(C#N)cc2)cc1Br. The van der Waals surface area contributed by atoms with Gasteiger partial charge in [0.05, 0.1) is 23.2 Å². The van der Waals surface area contributed by atoms with E-state index >= 15 is 0 Å². The number of halogens is 1. The van der Waals surface area contributed by atoms with Gasteiger partial charge < -0.3 is 10.1 Å². The normalized spacial score (nSPS) is 9.74. The van der Waals surface area contributed by atoms with Crippen molar-refractivity contribution in [2.24, 2.45) is 0 Å². The minimum Gasteiger partial charge on any atom is -0.496 e.